The van der Waals surface area contributed by atoms with Crippen LogP contribution in [-0.2, 0) is 4.79 Å². The van der Waals surface area contributed by atoms with E-state index in [0.29, 0.717) is 24.0 Å². The number of fused-ring (bicyclic) bond motifs is 1. The zero-order chi connectivity index (χ0) is 7.30. The lowest BCUT2D eigenvalue weighted by molar-refractivity contribution is -0.114. The minimum atomic E-state index is 0.0694. The first-order valence-corrected chi connectivity index (χ1v) is 3.51. The molecule has 0 aliphatic heterocycles. The molecule has 2 saturated carbocycles. The normalized spacial score (nSPS) is 47.9. The van der Waals surface area contributed by atoms with Gasteiger partial charge in [-0.1, -0.05) is 12.1 Å². The van der Waals surface area contributed by atoms with Crippen LogP contribution in [0.15, 0.2) is 5.16 Å². The topological polar surface area (TPSA) is 49.7 Å². The lowest BCUT2D eigenvalue weighted by Crippen LogP contribution is -2.11. The van der Waals surface area contributed by atoms with Crippen molar-refractivity contribution in [1.29, 1.82) is 0 Å². The second kappa shape index (κ2) is 1.59. The van der Waals surface area contributed by atoms with E-state index in [1.54, 1.807) is 0 Å². The number of hydrogen-bond donors (Lipinski definition) is 1. The number of carbonyl (C=O) groups excluding carboxylic acids is 1. The van der Waals surface area contributed by atoms with Crippen LogP contribution >= 0.6 is 0 Å². The second-order valence-corrected chi connectivity index (χ2v) is 3.16. The van der Waals surface area contributed by atoms with E-state index in [1.807, 2.05) is 0 Å². The summed E-state index contributed by atoms with van der Waals surface area (Å²) in [5.74, 6) is 1.31. The van der Waals surface area contributed by atoms with Gasteiger partial charge in [0.15, 0.2) is 5.78 Å². The Bertz CT molecular complexity index is 222. The minimum absolute atomic E-state index is 0.0694. The second-order valence-electron chi connectivity index (χ2n) is 3.16. The minimum Gasteiger partial charge on any atom is -0.411 e. The van der Waals surface area contributed by atoms with Gasteiger partial charge in [-0.05, 0) is 11.8 Å². The Balaban J connectivity index is 2.22. The summed E-state index contributed by atoms with van der Waals surface area (Å²) in [6, 6.07) is 0. The molecule has 54 valence electrons. The summed E-state index contributed by atoms with van der Waals surface area (Å²) in [7, 11) is 0. The van der Waals surface area contributed by atoms with Crippen molar-refractivity contribution < 1.29 is 10.0 Å². The molecule has 0 saturated heterocycles. The molecule has 2 aliphatic carbocycles. The van der Waals surface area contributed by atoms with Gasteiger partial charge in [0.1, 0.15) is 5.71 Å². The van der Waals surface area contributed by atoms with Gasteiger partial charge in [-0.15, -0.1) is 0 Å². The van der Waals surface area contributed by atoms with Gasteiger partial charge < -0.3 is 5.21 Å². The monoisotopic (exact) mass is 139 g/mol. The Kier molecular flexibility index (Phi) is 0.938. The van der Waals surface area contributed by atoms with Crippen molar-refractivity contribution in [3.05, 3.63) is 0 Å². The molecule has 2 rings (SSSR count). The number of rotatable bonds is 0. The Morgan fingerprint density at radius 3 is 2.80 bits per heavy atom. The summed E-state index contributed by atoms with van der Waals surface area (Å²) in [4.78, 5) is 11.1. The van der Waals surface area contributed by atoms with Gasteiger partial charge in [-0.3, -0.25) is 4.79 Å². The van der Waals surface area contributed by atoms with Crippen molar-refractivity contribution in [1.82, 2.24) is 0 Å². The van der Waals surface area contributed by atoms with Crippen molar-refractivity contribution in [2.45, 2.75) is 13.3 Å². The molecule has 2 aliphatic rings. The first-order valence-electron chi connectivity index (χ1n) is 3.51. The predicted molar refractivity (Wildman–Crippen MR) is 35.0 cm³/mol. The zero-order valence-corrected chi connectivity index (χ0v) is 5.74. The van der Waals surface area contributed by atoms with Crippen LogP contribution in [0.4, 0.5) is 0 Å². The van der Waals surface area contributed by atoms with Gasteiger partial charge in [-0.25, -0.2) is 0 Å². The van der Waals surface area contributed by atoms with E-state index >= 15 is 0 Å². The Hall–Kier alpha value is -0.860. The lowest BCUT2D eigenvalue weighted by Gasteiger charge is -1.94. The molecule has 0 radical (unpaired) electrons. The molecule has 2 fully saturated rings. The molecule has 3 nitrogen and oxygen atoms in total. The molecule has 1 N–H and O–H groups in total. The number of oxime groups is 1. The average molecular weight is 139 g/mol. The first-order chi connectivity index (χ1) is 4.75. The zero-order valence-electron chi connectivity index (χ0n) is 5.74. The number of Topliss-reactive ketones (excluding diaryl/α,β-unsaturated/α-hetero) is 1. The van der Waals surface area contributed by atoms with E-state index < -0.39 is 0 Å². The summed E-state index contributed by atoms with van der Waals surface area (Å²) >= 11 is 0. The number of carbonyl (C=O) groups is 1. The van der Waals surface area contributed by atoms with Crippen LogP contribution < -0.4 is 0 Å². The molecule has 0 aromatic carbocycles. The summed E-state index contributed by atoms with van der Waals surface area (Å²) in [5.41, 5.74) is 0.383. The lowest BCUT2D eigenvalue weighted by atomic mass is 10.1. The number of nitrogens with zero attached hydrogens (tertiary/aromatic N) is 1. The highest BCUT2D eigenvalue weighted by atomic mass is 16.4. The van der Waals surface area contributed by atoms with Gasteiger partial charge in [0, 0.05) is 12.3 Å². The largest absolute Gasteiger partial charge is 0.411 e. The number of ketones is 1. The molecule has 3 atom stereocenters. The van der Waals surface area contributed by atoms with Crippen LogP contribution in [0.5, 0.6) is 0 Å². The standard InChI is InChI=1S/C7H9NO2/c1-3-4-2-5(8-10)7(9)6(3)4/h3-4,6,10H,2H2,1H3/b8-5+/t3-,4+,6-/m1/s1. The van der Waals surface area contributed by atoms with Crippen LogP contribution in [0.25, 0.3) is 0 Å². The molecule has 0 aromatic heterocycles. The van der Waals surface area contributed by atoms with Crippen LogP contribution in [0, 0.1) is 17.8 Å². The van der Waals surface area contributed by atoms with Gasteiger partial charge in [0.25, 0.3) is 0 Å². The van der Waals surface area contributed by atoms with E-state index in [-0.39, 0.29) is 11.7 Å². The fraction of sp³-hybridized carbons (Fsp3) is 0.714. The van der Waals surface area contributed by atoms with Gasteiger partial charge in [-0.2, -0.15) is 0 Å². The molecule has 3 heteroatoms. The van der Waals surface area contributed by atoms with Crippen LogP contribution in [-0.4, -0.2) is 16.7 Å². The van der Waals surface area contributed by atoms with E-state index in [0.717, 1.165) is 0 Å². The highest BCUT2D eigenvalue weighted by Crippen LogP contribution is 2.53. The highest BCUT2D eigenvalue weighted by molar-refractivity contribution is 6.43. The smallest absolute Gasteiger partial charge is 0.184 e. The van der Waals surface area contributed by atoms with Crippen LogP contribution in [0.1, 0.15) is 13.3 Å². The Morgan fingerprint density at radius 2 is 2.40 bits per heavy atom. The maximum atomic E-state index is 11.1. The molecule has 0 heterocycles. The quantitative estimate of drug-likeness (QED) is 0.396. The first kappa shape index (κ1) is 5.89. The van der Waals surface area contributed by atoms with Crippen LogP contribution in [0.3, 0.4) is 0 Å². The summed E-state index contributed by atoms with van der Waals surface area (Å²) in [6.45, 7) is 2.07. The van der Waals surface area contributed by atoms with E-state index in [2.05, 4.69) is 12.1 Å². The molecular formula is C7H9NO2. The van der Waals surface area contributed by atoms with Crippen molar-refractivity contribution in [2.24, 2.45) is 22.9 Å². The molecule has 0 amide bonds. The highest BCUT2D eigenvalue weighted by Gasteiger charge is 2.58. The number of hydrogen-bond acceptors (Lipinski definition) is 3. The average Bonchev–Trinajstić information content (AvgIpc) is 2.38. The summed E-state index contributed by atoms with van der Waals surface area (Å²) in [5, 5.41) is 11.3. The summed E-state index contributed by atoms with van der Waals surface area (Å²) in [6.07, 6.45) is 0.696. The third-order valence-electron chi connectivity index (χ3n) is 2.70. The molecule has 0 bridgehead atoms. The fourth-order valence-electron chi connectivity index (χ4n) is 1.90. The molecule has 0 unspecified atom stereocenters. The molecule has 10 heavy (non-hydrogen) atoms. The van der Waals surface area contributed by atoms with Crippen molar-refractivity contribution in [3.63, 3.8) is 0 Å². The Morgan fingerprint density at radius 1 is 1.70 bits per heavy atom. The van der Waals surface area contributed by atoms with E-state index in [4.69, 9.17) is 5.21 Å². The van der Waals surface area contributed by atoms with Crippen molar-refractivity contribution in [3.8, 4) is 0 Å². The maximum Gasteiger partial charge on any atom is 0.184 e. The molecule has 0 aromatic rings. The van der Waals surface area contributed by atoms with Gasteiger partial charge in [0.2, 0.25) is 0 Å². The maximum absolute atomic E-state index is 11.1. The molecule has 0 spiro atoms. The van der Waals surface area contributed by atoms with Crippen LogP contribution in [0.2, 0.25) is 0 Å². The van der Waals surface area contributed by atoms with Crippen molar-refractivity contribution >= 4 is 11.5 Å². The summed E-state index contributed by atoms with van der Waals surface area (Å²) < 4.78 is 0. The van der Waals surface area contributed by atoms with Crippen molar-refractivity contribution in [2.75, 3.05) is 0 Å². The van der Waals surface area contributed by atoms with E-state index in [1.165, 1.54) is 0 Å². The fourth-order valence-corrected chi connectivity index (χ4v) is 1.90. The SMILES string of the molecule is C[C@@H]1[C@@H]2C/C(=N\O)C(=O)[C@H]12. The third-order valence-corrected chi connectivity index (χ3v) is 2.70. The van der Waals surface area contributed by atoms with Gasteiger partial charge in [0.05, 0.1) is 0 Å². The van der Waals surface area contributed by atoms with E-state index in [9.17, 15) is 4.79 Å². The Labute approximate surface area is 58.7 Å². The third kappa shape index (κ3) is 0.503. The van der Waals surface area contributed by atoms with Gasteiger partial charge >= 0.3 is 0 Å². The molecular weight excluding hydrogens is 130 g/mol. The predicted octanol–water partition coefficient (Wildman–Crippen LogP) is 0.671.